The number of aromatic nitrogens is 3. The number of nitrogens with one attached hydrogen (secondary N) is 1. The van der Waals surface area contributed by atoms with Crippen molar-refractivity contribution in [2.24, 2.45) is 5.92 Å². The van der Waals surface area contributed by atoms with E-state index in [1.807, 2.05) is 92.7 Å². The van der Waals surface area contributed by atoms with E-state index in [0.29, 0.717) is 19.0 Å². The Balaban J connectivity index is 1.49. The largest absolute Gasteiger partial charge is 0.459 e. The number of carbonyl (C=O) groups is 1. The molecule has 7 nitrogen and oxygen atoms in total. The number of nitrogens with zero attached hydrogens (tertiary/aromatic N) is 4. The number of hydrogen-bond donors (Lipinski definition) is 1. The lowest BCUT2D eigenvalue weighted by atomic mass is 9.91. The third-order valence-corrected chi connectivity index (χ3v) is 7.13. The van der Waals surface area contributed by atoms with Gasteiger partial charge in [-0.25, -0.2) is 4.79 Å². The lowest BCUT2D eigenvalue weighted by molar-refractivity contribution is -0.156. The van der Waals surface area contributed by atoms with Crippen LogP contribution in [0.25, 0.3) is 5.70 Å². The first-order valence-electron chi connectivity index (χ1n) is 13.7. The van der Waals surface area contributed by atoms with Gasteiger partial charge in [-0.2, -0.15) is 15.0 Å². The molecule has 2 aromatic carbocycles. The van der Waals surface area contributed by atoms with Crippen molar-refractivity contribution in [3.63, 3.8) is 0 Å². The molecule has 1 aromatic heterocycles. The van der Waals surface area contributed by atoms with Gasteiger partial charge < -0.3 is 10.1 Å². The molecule has 7 heteroatoms. The normalized spacial score (nSPS) is 19.1. The number of hydrogen-bond acceptors (Lipinski definition) is 6. The summed E-state index contributed by atoms with van der Waals surface area (Å²) in [6.07, 6.45) is 9.26. The number of likely N-dealkylation sites (tertiary alicyclic amines) is 1. The van der Waals surface area contributed by atoms with E-state index in [9.17, 15) is 4.79 Å². The highest BCUT2D eigenvalue weighted by Gasteiger charge is 2.34. The third kappa shape index (κ3) is 7.33. The maximum absolute atomic E-state index is 13.6. The summed E-state index contributed by atoms with van der Waals surface area (Å²) in [5.74, 6) is 0.0509. The molecular weight excluding hydrogens is 486 g/mol. The minimum atomic E-state index is -0.592. The number of carbonyl (C=O) groups excluding carboxylic acids is 1. The van der Waals surface area contributed by atoms with E-state index >= 15 is 0 Å². The number of rotatable bonds is 11. The summed E-state index contributed by atoms with van der Waals surface area (Å²) in [5.41, 5.74) is 4.42. The van der Waals surface area contributed by atoms with Crippen LogP contribution in [0, 0.1) is 12.8 Å². The molecule has 0 amide bonds. The number of esters is 1. The molecule has 3 aromatic rings. The van der Waals surface area contributed by atoms with Crippen molar-refractivity contribution in [1.82, 2.24) is 19.9 Å². The molecule has 1 fully saturated rings. The first-order valence-corrected chi connectivity index (χ1v) is 13.7. The lowest BCUT2D eigenvalue weighted by Crippen LogP contribution is -2.46. The fourth-order valence-electron chi connectivity index (χ4n) is 4.98. The molecule has 0 saturated carbocycles. The number of aryl methyl sites for hydroxylation is 1. The first kappa shape index (κ1) is 28.0. The molecular formula is C32H39N5O2. The van der Waals surface area contributed by atoms with Gasteiger partial charge in [0.1, 0.15) is 11.8 Å². The van der Waals surface area contributed by atoms with E-state index < -0.39 is 6.04 Å². The molecule has 2 heterocycles. The molecule has 1 aliphatic rings. The van der Waals surface area contributed by atoms with Gasteiger partial charge in [0.2, 0.25) is 0 Å². The minimum absolute atomic E-state index is 0.199. The highest BCUT2D eigenvalue weighted by Crippen LogP contribution is 2.28. The summed E-state index contributed by atoms with van der Waals surface area (Å²) in [4.78, 5) is 17.6. The monoisotopic (exact) mass is 525 g/mol. The molecule has 1 N–H and O–H groups in total. The Kier molecular flexibility index (Phi) is 9.86. The molecule has 3 atom stereocenters. The van der Waals surface area contributed by atoms with Crippen LogP contribution >= 0.6 is 0 Å². The Morgan fingerprint density at radius 3 is 2.54 bits per heavy atom. The van der Waals surface area contributed by atoms with Gasteiger partial charge in [-0.1, -0.05) is 74.2 Å². The van der Waals surface area contributed by atoms with Crippen molar-refractivity contribution in [3.8, 4) is 0 Å². The Morgan fingerprint density at radius 1 is 1.15 bits per heavy atom. The van der Waals surface area contributed by atoms with Crippen molar-refractivity contribution in [2.45, 2.75) is 52.3 Å². The average molecular weight is 526 g/mol. The fraction of sp³-hybridized carbons (Fsp3) is 0.344. The predicted octanol–water partition coefficient (Wildman–Crippen LogP) is 6.19. The van der Waals surface area contributed by atoms with E-state index in [1.54, 1.807) is 10.9 Å². The van der Waals surface area contributed by atoms with Crippen LogP contribution in [0.1, 0.15) is 49.7 Å². The second-order valence-corrected chi connectivity index (χ2v) is 9.87. The smallest absolute Gasteiger partial charge is 0.333 e. The molecule has 0 bridgehead atoms. The second kappa shape index (κ2) is 13.7. The van der Waals surface area contributed by atoms with Crippen molar-refractivity contribution >= 4 is 17.4 Å². The number of allylic oxidation sites excluding steroid dienone is 5. The molecule has 204 valence electrons. The summed E-state index contributed by atoms with van der Waals surface area (Å²) in [6, 6.07) is 19.0. The first-order chi connectivity index (χ1) is 19.0. The average Bonchev–Trinajstić information content (AvgIpc) is 3.32. The summed E-state index contributed by atoms with van der Waals surface area (Å²) >= 11 is 0. The maximum Gasteiger partial charge on any atom is 0.333 e. The van der Waals surface area contributed by atoms with Gasteiger partial charge in [0.05, 0.1) is 11.4 Å². The molecule has 39 heavy (non-hydrogen) atoms. The van der Waals surface area contributed by atoms with Crippen molar-refractivity contribution in [2.75, 3.05) is 18.4 Å². The van der Waals surface area contributed by atoms with E-state index in [1.165, 1.54) is 0 Å². The highest BCUT2D eigenvalue weighted by atomic mass is 16.5. The molecule has 4 rings (SSSR count). The summed E-state index contributed by atoms with van der Waals surface area (Å²) in [5, 5.41) is 12.8. The van der Waals surface area contributed by atoms with Gasteiger partial charge in [0.15, 0.2) is 6.04 Å². The van der Waals surface area contributed by atoms with E-state index in [-0.39, 0.29) is 12.1 Å². The quantitative estimate of drug-likeness (QED) is 0.238. The molecule has 1 aliphatic heterocycles. The molecule has 0 radical (unpaired) electrons. The summed E-state index contributed by atoms with van der Waals surface area (Å²) < 4.78 is 6.28. The lowest BCUT2D eigenvalue weighted by Gasteiger charge is -2.38. The van der Waals surface area contributed by atoms with Crippen LogP contribution in [0.5, 0.6) is 0 Å². The van der Waals surface area contributed by atoms with E-state index in [0.717, 1.165) is 47.7 Å². The van der Waals surface area contributed by atoms with Crippen LogP contribution < -0.4 is 5.32 Å². The van der Waals surface area contributed by atoms with Crippen LogP contribution in [0.3, 0.4) is 0 Å². The zero-order valence-electron chi connectivity index (χ0n) is 23.2. The predicted molar refractivity (Wildman–Crippen MR) is 157 cm³/mol. The highest BCUT2D eigenvalue weighted by molar-refractivity contribution is 5.81. The fourth-order valence-corrected chi connectivity index (χ4v) is 4.98. The Bertz CT molecular complexity index is 1280. The number of anilines is 1. The Labute approximate surface area is 231 Å². The van der Waals surface area contributed by atoms with Gasteiger partial charge >= 0.3 is 5.97 Å². The van der Waals surface area contributed by atoms with Crippen LogP contribution in [-0.2, 0) is 16.1 Å². The molecule has 0 spiro atoms. The Morgan fingerprint density at radius 2 is 1.87 bits per heavy atom. The van der Waals surface area contributed by atoms with E-state index in [2.05, 4.69) is 28.8 Å². The Hall–Kier alpha value is -3.97. The van der Waals surface area contributed by atoms with Gasteiger partial charge in [-0.15, -0.1) is 0 Å². The van der Waals surface area contributed by atoms with Gasteiger partial charge in [0, 0.05) is 18.8 Å². The minimum Gasteiger partial charge on any atom is -0.459 e. The second-order valence-electron chi connectivity index (χ2n) is 9.87. The number of ether oxygens (including phenoxy) is 1. The van der Waals surface area contributed by atoms with Crippen LogP contribution in [0.15, 0.2) is 91.5 Å². The van der Waals surface area contributed by atoms with Crippen molar-refractivity contribution in [1.29, 1.82) is 0 Å². The molecule has 0 aliphatic carbocycles. The number of para-hydroxylation sites is 1. The van der Waals surface area contributed by atoms with Crippen LogP contribution in [0.2, 0.25) is 0 Å². The zero-order chi connectivity index (χ0) is 27.6. The zero-order valence-corrected chi connectivity index (χ0v) is 23.2. The van der Waals surface area contributed by atoms with E-state index in [4.69, 9.17) is 9.84 Å². The molecule has 1 saturated heterocycles. The van der Waals surface area contributed by atoms with Crippen molar-refractivity contribution in [3.05, 3.63) is 108 Å². The van der Waals surface area contributed by atoms with Gasteiger partial charge in [0.25, 0.3) is 0 Å². The topological polar surface area (TPSA) is 72.3 Å². The maximum atomic E-state index is 13.6. The summed E-state index contributed by atoms with van der Waals surface area (Å²) in [7, 11) is 0. The number of benzene rings is 2. The standard InChI is InChI=1S/C32H39N5O2/c1-5-14-28(15-6-2)37-34-24(4)29(35-37)22-36-21-20-25(7-3)30(23-36)39-32(38)31(26-16-10-8-11-17-26)33-27-18-12-9-13-19-27/h5-6,8-19,25,30-31,33H,1,7,20-23H2,2-4H3/b15-6-,28-14+/t25?,30-,31+/m0/s1. The van der Waals surface area contributed by atoms with Crippen LogP contribution in [-0.4, -0.2) is 45.1 Å². The van der Waals surface area contributed by atoms with Crippen molar-refractivity contribution < 1.29 is 9.53 Å². The van der Waals surface area contributed by atoms with Gasteiger partial charge in [-0.3, -0.25) is 4.90 Å². The van der Waals surface area contributed by atoms with Gasteiger partial charge in [-0.05, 0) is 69.0 Å². The molecule has 1 unspecified atom stereocenters. The SMILES string of the molecule is C=C/C=C(\C=C/C)n1nc(C)c(CN2CCC(CC)[C@@H](OC(=O)[C@H](Nc3ccccc3)c3ccccc3)C2)n1. The summed E-state index contributed by atoms with van der Waals surface area (Å²) in [6.45, 7) is 12.1. The number of piperidine rings is 1. The van der Waals surface area contributed by atoms with Crippen LogP contribution in [0.4, 0.5) is 5.69 Å². The third-order valence-electron chi connectivity index (χ3n) is 7.13.